The summed E-state index contributed by atoms with van der Waals surface area (Å²) in [5, 5.41) is 15.4. The number of hydrogen-bond acceptors (Lipinski definition) is 10. The molecule has 296 valence electrons. The largest absolute Gasteiger partial charge is 0.370 e. The van der Waals surface area contributed by atoms with Crippen LogP contribution in [0.3, 0.4) is 0 Å². The van der Waals surface area contributed by atoms with E-state index in [2.05, 4.69) is 54.5 Å². The van der Waals surface area contributed by atoms with E-state index in [-0.39, 0.29) is 74.7 Å². The zero-order valence-electron chi connectivity index (χ0n) is 30.7. The van der Waals surface area contributed by atoms with Crippen LogP contribution in [0.5, 0.6) is 0 Å². The van der Waals surface area contributed by atoms with Crippen molar-refractivity contribution in [3.8, 4) is 0 Å². The maximum absolute atomic E-state index is 13.7. The highest BCUT2D eigenvalue weighted by molar-refractivity contribution is 7.80. The predicted octanol–water partition coefficient (Wildman–Crippen LogP) is -3.84. The fourth-order valence-corrected chi connectivity index (χ4v) is 5.03. The fourth-order valence-electron chi connectivity index (χ4n) is 4.76. The molecule has 0 spiro atoms. The number of thiol groups is 1. The third kappa shape index (κ3) is 21.4. The SMILES string of the molecule is CC(=O)N[C@@H](CC(C)C)C(=O)N[C@@H](CCCN=C(N)N)C(=O)N[C@@H](CC(C)C)C(=O)N[C@@H](CCCN=C(N)N)C(=O)NCC(=O)N[C@@H](CS)C(N)=O. The van der Waals surface area contributed by atoms with Crippen LogP contribution in [0.15, 0.2) is 9.98 Å². The number of nitrogens with one attached hydrogen (secondary N) is 6. The number of nitrogens with two attached hydrogens (primary N) is 5. The Morgan fingerprint density at radius 1 is 0.577 bits per heavy atom. The Bertz CT molecular complexity index is 1270. The van der Waals surface area contributed by atoms with Crippen molar-refractivity contribution in [2.24, 2.45) is 50.5 Å². The van der Waals surface area contributed by atoms with Crippen molar-refractivity contribution in [1.82, 2.24) is 31.9 Å². The van der Waals surface area contributed by atoms with E-state index in [1.807, 2.05) is 27.7 Å². The summed E-state index contributed by atoms with van der Waals surface area (Å²) in [6.45, 7) is 8.44. The molecule has 0 fully saturated rings. The van der Waals surface area contributed by atoms with Crippen molar-refractivity contribution in [1.29, 1.82) is 0 Å². The van der Waals surface area contributed by atoms with Crippen LogP contribution in [0.2, 0.25) is 0 Å². The third-order valence-corrected chi connectivity index (χ3v) is 7.55. The lowest BCUT2D eigenvalue weighted by atomic mass is 10.00. The Kier molecular flexibility index (Phi) is 22.8. The lowest BCUT2D eigenvalue weighted by molar-refractivity contribution is -0.135. The number of amides is 7. The molecule has 7 amide bonds. The highest BCUT2D eigenvalue weighted by Crippen LogP contribution is 2.10. The minimum atomic E-state index is -1.19. The molecular weight excluding hydrogens is 698 g/mol. The number of rotatable bonds is 25. The van der Waals surface area contributed by atoms with Gasteiger partial charge < -0.3 is 60.6 Å². The molecule has 20 nitrogen and oxygen atoms in total. The van der Waals surface area contributed by atoms with Gasteiger partial charge in [0.25, 0.3) is 0 Å². The van der Waals surface area contributed by atoms with Crippen LogP contribution in [0.4, 0.5) is 0 Å². The molecule has 0 aliphatic carbocycles. The van der Waals surface area contributed by atoms with Crippen LogP contribution in [0, 0.1) is 11.8 Å². The lowest BCUT2D eigenvalue weighted by Crippen LogP contribution is -2.58. The van der Waals surface area contributed by atoms with E-state index in [0.717, 1.165) is 0 Å². The number of carbonyl (C=O) groups is 7. The zero-order chi connectivity index (χ0) is 40.0. The van der Waals surface area contributed by atoms with Gasteiger partial charge in [0.15, 0.2) is 11.9 Å². The minimum Gasteiger partial charge on any atom is -0.370 e. The number of carbonyl (C=O) groups excluding carboxylic acids is 7. The highest BCUT2D eigenvalue weighted by Gasteiger charge is 2.32. The van der Waals surface area contributed by atoms with Gasteiger partial charge in [-0.1, -0.05) is 27.7 Å². The van der Waals surface area contributed by atoms with Gasteiger partial charge >= 0.3 is 0 Å². The molecule has 0 aromatic heterocycles. The van der Waals surface area contributed by atoms with E-state index >= 15 is 0 Å². The second-order valence-corrected chi connectivity index (χ2v) is 13.4. The summed E-state index contributed by atoms with van der Waals surface area (Å²) in [7, 11) is 0. The number of primary amides is 1. The first-order valence-corrected chi connectivity index (χ1v) is 17.7. The summed E-state index contributed by atoms with van der Waals surface area (Å²) in [5.74, 6) is -5.11. The molecule has 5 atom stereocenters. The monoisotopic (exact) mass is 757 g/mol. The predicted molar refractivity (Wildman–Crippen MR) is 200 cm³/mol. The molecule has 0 heterocycles. The first kappa shape index (κ1) is 47.2. The molecule has 52 heavy (non-hydrogen) atoms. The molecule has 0 rings (SSSR count). The fraction of sp³-hybridized carbons (Fsp3) is 0.710. The highest BCUT2D eigenvalue weighted by atomic mass is 32.1. The summed E-state index contributed by atoms with van der Waals surface area (Å²) in [6, 6.07) is -5.47. The molecule has 21 heteroatoms. The van der Waals surface area contributed by atoms with E-state index in [0.29, 0.717) is 6.42 Å². The van der Waals surface area contributed by atoms with Gasteiger partial charge in [-0.2, -0.15) is 12.6 Å². The number of guanidine groups is 2. The van der Waals surface area contributed by atoms with Crippen molar-refractivity contribution in [3.63, 3.8) is 0 Å². The molecule has 0 aliphatic rings. The Labute approximate surface area is 310 Å². The van der Waals surface area contributed by atoms with Gasteiger partial charge in [-0.3, -0.25) is 43.5 Å². The summed E-state index contributed by atoms with van der Waals surface area (Å²) in [6.07, 6.45) is 1.12. The van der Waals surface area contributed by atoms with Crippen LogP contribution in [0.1, 0.15) is 73.1 Å². The Morgan fingerprint density at radius 2 is 0.981 bits per heavy atom. The van der Waals surface area contributed by atoms with Gasteiger partial charge in [-0.25, -0.2) is 0 Å². The molecule has 0 saturated carbocycles. The topological polar surface area (TPSA) is 346 Å². The summed E-state index contributed by atoms with van der Waals surface area (Å²) < 4.78 is 0. The van der Waals surface area contributed by atoms with E-state index < -0.39 is 78.1 Å². The van der Waals surface area contributed by atoms with Crippen molar-refractivity contribution in [3.05, 3.63) is 0 Å². The van der Waals surface area contributed by atoms with Crippen molar-refractivity contribution in [2.45, 2.75) is 103 Å². The second kappa shape index (κ2) is 25.2. The molecule has 0 unspecified atom stereocenters. The molecular formula is C31H59N13O7S. The van der Waals surface area contributed by atoms with Gasteiger partial charge in [-0.05, 0) is 50.4 Å². The van der Waals surface area contributed by atoms with Gasteiger partial charge in [0.2, 0.25) is 41.4 Å². The Hall–Kier alpha value is -4.82. The minimum absolute atomic E-state index is 0.0370. The van der Waals surface area contributed by atoms with Gasteiger partial charge in [0.1, 0.15) is 30.2 Å². The summed E-state index contributed by atoms with van der Waals surface area (Å²) in [4.78, 5) is 97.4. The van der Waals surface area contributed by atoms with E-state index in [1.165, 1.54) is 6.92 Å². The Balaban J connectivity index is 6.17. The zero-order valence-corrected chi connectivity index (χ0v) is 31.6. The lowest BCUT2D eigenvalue weighted by Gasteiger charge is -2.27. The van der Waals surface area contributed by atoms with E-state index in [1.54, 1.807) is 0 Å². The van der Waals surface area contributed by atoms with Gasteiger partial charge in [-0.15, -0.1) is 0 Å². The maximum atomic E-state index is 13.7. The maximum Gasteiger partial charge on any atom is 0.243 e. The first-order valence-electron chi connectivity index (χ1n) is 17.0. The van der Waals surface area contributed by atoms with Gasteiger partial charge in [0.05, 0.1) is 6.54 Å². The molecule has 0 saturated heterocycles. The van der Waals surface area contributed by atoms with E-state index in [9.17, 15) is 33.6 Å². The van der Waals surface area contributed by atoms with Crippen LogP contribution < -0.4 is 60.6 Å². The van der Waals surface area contributed by atoms with Crippen molar-refractivity contribution in [2.75, 3.05) is 25.4 Å². The Morgan fingerprint density at radius 3 is 1.37 bits per heavy atom. The average Bonchev–Trinajstić information content (AvgIpc) is 3.03. The molecule has 0 aliphatic heterocycles. The van der Waals surface area contributed by atoms with Crippen LogP contribution in [-0.2, 0) is 33.6 Å². The van der Waals surface area contributed by atoms with E-state index in [4.69, 9.17) is 28.7 Å². The molecule has 0 bridgehead atoms. The molecule has 0 aromatic rings. The first-order chi connectivity index (χ1) is 24.3. The number of nitrogens with zero attached hydrogens (tertiary/aromatic N) is 2. The van der Waals surface area contributed by atoms with Crippen LogP contribution in [-0.4, -0.2) is 109 Å². The van der Waals surface area contributed by atoms with Crippen LogP contribution in [0.25, 0.3) is 0 Å². The molecule has 16 N–H and O–H groups in total. The van der Waals surface area contributed by atoms with Crippen molar-refractivity contribution >= 4 is 65.9 Å². The smallest absolute Gasteiger partial charge is 0.243 e. The summed E-state index contributed by atoms with van der Waals surface area (Å²) in [5.41, 5.74) is 26.9. The average molecular weight is 758 g/mol. The van der Waals surface area contributed by atoms with Crippen molar-refractivity contribution < 1.29 is 33.6 Å². The number of aliphatic imine (C=N–C) groups is 2. The summed E-state index contributed by atoms with van der Waals surface area (Å²) >= 11 is 3.97. The second-order valence-electron chi connectivity index (χ2n) is 13.0. The van der Waals surface area contributed by atoms with Gasteiger partial charge in [0, 0.05) is 25.8 Å². The third-order valence-electron chi connectivity index (χ3n) is 7.18. The number of hydrogen-bond donors (Lipinski definition) is 12. The van der Waals surface area contributed by atoms with Crippen LogP contribution >= 0.6 is 12.6 Å². The quantitative estimate of drug-likeness (QED) is 0.0185. The standard InChI is InChI=1S/C31H59N13O7S/c1-16(2)12-21(40-18(5)45)28(50)43-20(9-7-11-38-31(35)36)27(49)44-22(13-17(3)4)29(51)42-19(8-6-10-37-30(33)34)26(48)39-14-24(46)41-23(15-52)25(32)47/h16-17,19-23,52H,6-15H2,1-5H3,(H2,32,47)(H,39,48)(H,40,45)(H,41,46)(H,42,51)(H,43,50)(H,44,49)(H4,33,34,37)(H4,35,36,38)/t19-,20-,21-,22-,23-/m0/s1. The molecule has 0 radical (unpaired) electrons. The normalized spacial score (nSPS) is 13.7. The molecule has 0 aromatic carbocycles.